The third-order valence-electron chi connectivity index (χ3n) is 4.47. The van der Waals surface area contributed by atoms with E-state index in [1.165, 1.54) is 22.5 Å². The van der Waals surface area contributed by atoms with Crippen LogP contribution >= 0.6 is 11.9 Å². The molecule has 3 rings (SSSR count). The molecule has 2 aliphatic rings. The lowest BCUT2D eigenvalue weighted by molar-refractivity contribution is -0.133. The fourth-order valence-corrected chi connectivity index (χ4v) is 5.10. The molecule has 29 heavy (non-hydrogen) atoms. The number of rotatable bonds is 4. The van der Waals surface area contributed by atoms with E-state index in [1.54, 1.807) is 0 Å². The van der Waals surface area contributed by atoms with Crippen molar-refractivity contribution >= 4 is 34.2 Å². The lowest BCUT2D eigenvalue weighted by Crippen LogP contribution is -2.56. The number of carbonyl (C=O) groups is 1. The summed E-state index contributed by atoms with van der Waals surface area (Å²) in [6.45, 7) is 0. The summed E-state index contributed by atoms with van der Waals surface area (Å²) in [4.78, 5) is 13.9. The van der Waals surface area contributed by atoms with Gasteiger partial charge < -0.3 is 20.8 Å². The molecule has 3 atom stereocenters. The Bertz CT molecular complexity index is 931. The highest BCUT2D eigenvalue weighted by Crippen LogP contribution is 2.46. The van der Waals surface area contributed by atoms with Crippen LogP contribution in [0.2, 0.25) is 0 Å². The van der Waals surface area contributed by atoms with Crippen molar-refractivity contribution in [1.29, 1.82) is 0 Å². The summed E-state index contributed by atoms with van der Waals surface area (Å²) < 4.78 is 62.6. The van der Waals surface area contributed by atoms with Crippen LogP contribution in [0.5, 0.6) is 0 Å². The molecule has 9 nitrogen and oxygen atoms in total. The SMILES string of the molecule is CN1C(C(F)(F)F)=CC(O)N(c2ccc3c(c2)C(C(N)=O)N(C[SH](=O)=O)S3)C1O. The molecule has 14 heteroatoms. The molecule has 0 saturated heterocycles. The topological polar surface area (TPSA) is 127 Å². The number of aliphatic hydroxyl groups excluding tert-OH is 2. The number of carbonyl (C=O) groups excluding carboxylic acids is 1. The Kier molecular flexibility index (Phi) is 5.75. The Hall–Kier alpha value is -2.00. The minimum absolute atomic E-state index is 0.119. The Morgan fingerprint density at radius 1 is 1.31 bits per heavy atom. The molecule has 0 spiro atoms. The number of allylic oxidation sites excluding steroid dienone is 1. The van der Waals surface area contributed by atoms with Gasteiger partial charge in [0.05, 0.1) is 0 Å². The number of halogens is 3. The number of primary amides is 1. The molecular formula is C15H17F3N4O5S2. The van der Waals surface area contributed by atoms with Crippen molar-refractivity contribution in [3.05, 3.63) is 35.5 Å². The minimum atomic E-state index is -4.77. The molecule has 1 aromatic carbocycles. The molecule has 2 aliphatic heterocycles. The number of hydrogen-bond acceptors (Lipinski definition) is 9. The number of anilines is 1. The van der Waals surface area contributed by atoms with E-state index in [4.69, 9.17) is 5.73 Å². The summed E-state index contributed by atoms with van der Waals surface area (Å²) in [5.41, 5.74) is 4.64. The Labute approximate surface area is 169 Å². The summed E-state index contributed by atoms with van der Waals surface area (Å²) in [6.07, 6.45) is -7.87. The monoisotopic (exact) mass is 454 g/mol. The predicted molar refractivity (Wildman–Crippen MR) is 97.6 cm³/mol. The summed E-state index contributed by atoms with van der Waals surface area (Å²) >= 11 is 0.996. The van der Waals surface area contributed by atoms with Gasteiger partial charge in [0.2, 0.25) is 12.3 Å². The smallest absolute Gasteiger partial charge is 0.370 e. The second kappa shape index (κ2) is 7.68. The van der Waals surface area contributed by atoms with Crippen LogP contribution in [-0.2, 0) is 15.5 Å². The number of amides is 1. The molecule has 2 heterocycles. The van der Waals surface area contributed by atoms with E-state index in [-0.39, 0.29) is 5.69 Å². The van der Waals surface area contributed by atoms with Crippen LogP contribution in [0.15, 0.2) is 34.9 Å². The van der Waals surface area contributed by atoms with Crippen molar-refractivity contribution in [2.45, 2.75) is 29.7 Å². The van der Waals surface area contributed by atoms with Gasteiger partial charge in [-0.2, -0.15) is 13.2 Å². The summed E-state index contributed by atoms with van der Waals surface area (Å²) in [6, 6.07) is 3.21. The van der Waals surface area contributed by atoms with E-state index in [1.807, 2.05) is 0 Å². The summed E-state index contributed by atoms with van der Waals surface area (Å²) in [7, 11) is -1.82. The number of thiol groups is 1. The second-order valence-electron chi connectivity index (χ2n) is 6.34. The molecule has 0 aliphatic carbocycles. The number of aliphatic hydroxyl groups is 2. The average Bonchev–Trinajstić information content (AvgIpc) is 2.93. The third kappa shape index (κ3) is 4.02. The number of hydrogen-bond donors (Lipinski definition) is 4. The molecule has 1 amide bonds. The fraction of sp³-hybridized carbons (Fsp3) is 0.400. The zero-order chi connectivity index (χ0) is 21.7. The maximum Gasteiger partial charge on any atom is 0.431 e. The van der Waals surface area contributed by atoms with E-state index < -0.39 is 53.0 Å². The minimum Gasteiger partial charge on any atom is -0.370 e. The highest BCUT2D eigenvalue weighted by atomic mass is 32.2. The number of benzene rings is 1. The van der Waals surface area contributed by atoms with E-state index in [9.17, 15) is 36.6 Å². The maximum atomic E-state index is 13.1. The van der Waals surface area contributed by atoms with E-state index in [2.05, 4.69) is 0 Å². The van der Waals surface area contributed by atoms with Gasteiger partial charge in [-0.1, -0.05) is 0 Å². The standard InChI is InChI=1S/C15H17F3N4O5S2/c1-20-10(15(16,17)18)5-11(23)22(14(20)25)7-2-3-9-8(4-7)12(13(19)24)21(28-9)6-29(26)27/h2-5,11-12,14,23,25,29H,6H2,1H3,(H2,19,24). The van der Waals surface area contributed by atoms with Gasteiger partial charge in [-0.3, -0.25) is 9.69 Å². The molecule has 0 fully saturated rings. The van der Waals surface area contributed by atoms with Crippen LogP contribution in [-0.4, -0.2) is 65.4 Å². The van der Waals surface area contributed by atoms with Crippen LogP contribution in [0.3, 0.4) is 0 Å². The second-order valence-corrected chi connectivity index (χ2v) is 8.38. The molecule has 0 bridgehead atoms. The molecule has 1 aromatic rings. The lowest BCUT2D eigenvalue weighted by atomic mass is 10.0. The first-order valence-electron chi connectivity index (χ1n) is 8.08. The lowest BCUT2D eigenvalue weighted by Gasteiger charge is -2.43. The quantitative estimate of drug-likeness (QED) is 0.364. The first kappa shape index (κ1) is 21.7. The normalized spacial score (nSPS) is 25.3. The van der Waals surface area contributed by atoms with Gasteiger partial charge in [0, 0.05) is 17.6 Å². The van der Waals surface area contributed by atoms with Crippen LogP contribution in [0, 0.1) is 0 Å². The molecule has 0 saturated carbocycles. The maximum absolute atomic E-state index is 13.1. The zero-order valence-electron chi connectivity index (χ0n) is 14.8. The number of fused-ring (bicyclic) bond motifs is 1. The van der Waals surface area contributed by atoms with Gasteiger partial charge in [-0.05, 0) is 41.8 Å². The molecule has 0 aromatic heterocycles. The van der Waals surface area contributed by atoms with Crippen molar-refractivity contribution in [3.63, 3.8) is 0 Å². The fourth-order valence-electron chi connectivity index (χ4n) is 3.21. The van der Waals surface area contributed by atoms with Gasteiger partial charge >= 0.3 is 6.18 Å². The van der Waals surface area contributed by atoms with E-state index >= 15 is 0 Å². The third-order valence-corrected chi connectivity index (χ3v) is 6.34. The van der Waals surface area contributed by atoms with Crippen molar-refractivity contribution in [1.82, 2.24) is 9.21 Å². The Balaban J connectivity index is 2.00. The first-order valence-corrected chi connectivity index (χ1v) is 10.2. The van der Waals surface area contributed by atoms with Gasteiger partial charge in [0.25, 0.3) is 0 Å². The first-order chi connectivity index (χ1) is 13.4. The van der Waals surface area contributed by atoms with Gasteiger partial charge in [-0.25, -0.2) is 12.7 Å². The highest BCUT2D eigenvalue weighted by molar-refractivity contribution is 7.97. The van der Waals surface area contributed by atoms with Crippen molar-refractivity contribution in [2.75, 3.05) is 17.8 Å². The number of nitrogens with zero attached hydrogens (tertiary/aromatic N) is 3. The molecule has 3 unspecified atom stereocenters. The van der Waals surface area contributed by atoms with E-state index in [0.717, 1.165) is 23.9 Å². The van der Waals surface area contributed by atoms with Crippen LogP contribution in [0.1, 0.15) is 11.6 Å². The van der Waals surface area contributed by atoms with Crippen LogP contribution in [0.4, 0.5) is 18.9 Å². The Morgan fingerprint density at radius 3 is 2.52 bits per heavy atom. The van der Waals surface area contributed by atoms with Gasteiger partial charge in [-0.15, -0.1) is 0 Å². The van der Waals surface area contributed by atoms with Crippen LogP contribution < -0.4 is 10.6 Å². The molecule has 4 N–H and O–H groups in total. The zero-order valence-corrected chi connectivity index (χ0v) is 16.5. The largest absolute Gasteiger partial charge is 0.431 e. The summed E-state index contributed by atoms with van der Waals surface area (Å²) in [5.74, 6) is -1.26. The van der Waals surface area contributed by atoms with Gasteiger partial charge in [0.1, 0.15) is 17.6 Å². The number of alkyl halides is 3. The average molecular weight is 454 g/mol. The predicted octanol–water partition coefficient (Wildman–Crippen LogP) is -0.103. The summed E-state index contributed by atoms with van der Waals surface area (Å²) in [5, 5.41) is 20.6. The molecule has 160 valence electrons. The Morgan fingerprint density at radius 2 is 1.97 bits per heavy atom. The van der Waals surface area contributed by atoms with Crippen molar-refractivity contribution < 1.29 is 36.6 Å². The van der Waals surface area contributed by atoms with Crippen LogP contribution in [0.25, 0.3) is 0 Å². The van der Waals surface area contributed by atoms with Crippen molar-refractivity contribution in [2.24, 2.45) is 5.73 Å². The van der Waals surface area contributed by atoms with Gasteiger partial charge in [0.15, 0.2) is 16.9 Å². The van der Waals surface area contributed by atoms with E-state index in [0.29, 0.717) is 21.4 Å². The highest BCUT2D eigenvalue weighted by Gasteiger charge is 2.45. The molecular weight excluding hydrogens is 437 g/mol. The molecule has 0 radical (unpaired) electrons. The van der Waals surface area contributed by atoms with Crippen molar-refractivity contribution in [3.8, 4) is 0 Å². The number of nitrogens with two attached hydrogens (primary N) is 1.